The second-order valence-corrected chi connectivity index (χ2v) is 3.26. The number of carbonyl (C=O) groups is 1. The Balaban J connectivity index is 2.80. The van der Waals surface area contributed by atoms with Gasteiger partial charge in [-0.1, -0.05) is 6.07 Å². The van der Waals surface area contributed by atoms with Gasteiger partial charge >= 0.3 is 5.97 Å². The van der Waals surface area contributed by atoms with Gasteiger partial charge in [0, 0.05) is 24.9 Å². The predicted molar refractivity (Wildman–Crippen MR) is 58.1 cm³/mol. The van der Waals surface area contributed by atoms with Crippen molar-refractivity contribution in [3.63, 3.8) is 0 Å². The van der Waals surface area contributed by atoms with Crippen LogP contribution in [0.4, 0.5) is 10.1 Å². The third-order valence-electron chi connectivity index (χ3n) is 2.07. The molecular weight excluding hydrogens is 213 g/mol. The van der Waals surface area contributed by atoms with Crippen molar-refractivity contribution in [2.75, 3.05) is 25.6 Å². The monoisotopic (exact) mass is 227 g/mol. The van der Waals surface area contributed by atoms with E-state index in [0.29, 0.717) is 18.8 Å². The van der Waals surface area contributed by atoms with Gasteiger partial charge in [-0.05, 0) is 12.1 Å². The van der Waals surface area contributed by atoms with Crippen LogP contribution in [0.15, 0.2) is 18.2 Å². The molecule has 0 heterocycles. The van der Waals surface area contributed by atoms with Crippen molar-refractivity contribution in [3.8, 4) is 0 Å². The first-order chi connectivity index (χ1) is 7.65. The molecule has 16 heavy (non-hydrogen) atoms. The van der Waals surface area contributed by atoms with Crippen LogP contribution in [-0.2, 0) is 16.0 Å². The Morgan fingerprint density at radius 3 is 2.94 bits per heavy atom. The van der Waals surface area contributed by atoms with E-state index in [4.69, 9.17) is 9.84 Å². The number of carboxylic acid groups (broad SMARTS) is 1. The van der Waals surface area contributed by atoms with Gasteiger partial charge in [-0.15, -0.1) is 0 Å². The normalized spacial score (nSPS) is 10.1. The highest BCUT2D eigenvalue weighted by atomic mass is 19.1. The Labute approximate surface area is 93.0 Å². The van der Waals surface area contributed by atoms with Crippen molar-refractivity contribution in [2.45, 2.75) is 6.42 Å². The number of nitrogens with one attached hydrogen (secondary N) is 1. The zero-order valence-electron chi connectivity index (χ0n) is 9.00. The lowest BCUT2D eigenvalue weighted by molar-refractivity contribution is -0.136. The van der Waals surface area contributed by atoms with Crippen LogP contribution < -0.4 is 5.32 Å². The Morgan fingerprint density at radius 2 is 2.31 bits per heavy atom. The molecule has 0 spiro atoms. The number of methoxy groups -OCH3 is 1. The molecule has 0 saturated heterocycles. The number of halogens is 1. The van der Waals surface area contributed by atoms with E-state index >= 15 is 0 Å². The summed E-state index contributed by atoms with van der Waals surface area (Å²) in [6.07, 6.45) is -0.331. The standard InChI is InChI=1S/C11H14FNO3/c1-16-6-5-13-10-4-2-3-9(12)8(10)7-11(14)15/h2-4,13H,5-7H2,1H3,(H,14,15). The first-order valence-corrected chi connectivity index (χ1v) is 4.87. The quantitative estimate of drug-likeness (QED) is 0.723. The lowest BCUT2D eigenvalue weighted by Crippen LogP contribution is -2.12. The fraction of sp³-hybridized carbons (Fsp3) is 0.364. The SMILES string of the molecule is COCCNc1cccc(F)c1CC(=O)O. The summed E-state index contributed by atoms with van der Waals surface area (Å²) >= 11 is 0. The molecule has 1 aromatic rings. The molecule has 0 unspecified atom stereocenters. The van der Waals surface area contributed by atoms with Gasteiger partial charge in [0.15, 0.2) is 0 Å². The summed E-state index contributed by atoms with van der Waals surface area (Å²) in [6, 6.07) is 4.44. The highest BCUT2D eigenvalue weighted by Gasteiger charge is 2.11. The zero-order chi connectivity index (χ0) is 12.0. The van der Waals surface area contributed by atoms with Crippen molar-refractivity contribution in [1.82, 2.24) is 0 Å². The van der Waals surface area contributed by atoms with Crippen molar-refractivity contribution in [3.05, 3.63) is 29.6 Å². The molecule has 0 aromatic heterocycles. The van der Waals surface area contributed by atoms with Crippen molar-refractivity contribution in [1.29, 1.82) is 0 Å². The summed E-state index contributed by atoms with van der Waals surface area (Å²) in [4.78, 5) is 10.6. The van der Waals surface area contributed by atoms with Crippen LogP contribution >= 0.6 is 0 Å². The average Bonchev–Trinajstić information content (AvgIpc) is 2.23. The van der Waals surface area contributed by atoms with E-state index < -0.39 is 11.8 Å². The van der Waals surface area contributed by atoms with E-state index in [2.05, 4.69) is 5.32 Å². The average molecular weight is 227 g/mol. The highest BCUT2D eigenvalue weighted by Crippen LogP contribution is 2.19. The summed E-state index contributed by atoms with van der Waals surface area (Å²) in [5.74, 6) is -1.57. The van der Waals surface area contributed by atoms with E-state index in [1.807, 2.05) is 0 Å². The summed E-state index contributed by atoms with van der Waals surface area (Å²) in [5, 5.41) is 11.6. The van der Waals surface area contributed by atoms with Gasteiger partial charge in [0.05, 0.1) is 13.0 Å². The van der Waals surface area contributed by atoms with Crippen LogP contribution in [0.1, 0.15) is 5.56 Å². The lowest BCUT2D eigenvalue weighted by Gasteiger charge is -2.11. The van der Waals surface area contributed by atoms with Gasteiger partial charge in [-0.3, -0.25) is 4.79 Å². The van der Waals surface area contributed by atoms with Crippen LogP contribution in [0.3, 0.4) is 0 Å². The molecule has 0 aliphatic carbocycles. The van der Waals surface area contributed by atoms with Crippen molar-refractivity contribution in [2.24, 2.45) is 0 Å². The summed E-state index contributed by atoms with van der Waals surface area (Å²) < 4.78 is 18.2. The number of benzene rings is 1. The number of carboxylic acids is 1. The molecule has 0 fully saturated rings. The largest absolute Gasteiger partial charge is 0.481 e. The molecule has 0 aliphatic heterocycles. The Morgan fingerprint density at radius 1 is 1.56 bits per heavy atom. The van der Waals surface area contributed by atoms with Gasteiger partial charge < -0.3 is 15.2 Å². The molecule has 0 bridgehead atoms. The molecule has 0 amide bonds. The van der Waals surface area contributed by atoms with Gasteiger partial charge in [0.25, 0.3) is 0 Å². The van der Waals surface area contributed by atoms with Crippen LogP contribution in [0, 0.1) is 5.82 Å². The molecule has 0 saturated carbocycles. The molecule has 1 aromatic carbocycles. The van der Waals surface area contributed by atoms with Crippen molar-refractivity contribution < 1.29 is 19.0 Å². The van der Waals surface area contributed by atoms with Crippen molar-refractivity contribution >= 4 is 11.7 Å². The zero-order valence-corrected chi connectivity index (χ0v) is 9.00. The third kappa shape index (κ3) is 3.51. The maximum Gasteiger partial charge on any atom is 0.308 e. The second-order valence-electron chi connectivity index (χ2n) is 3.26. The van der Waals surface area contributed by atoms with Gasteiger partial charge in [0.2, 0.25) is 0 Å². The van der Waals surface area contributed by atoms with Crippen LogP contribution in [0.25, 0.3) is 0 Å². The highest BCUT2D eigenvalue weighted by molar-refractivity contribution is 5.73. The Kier molecular flexibility index (Phi) is 4.72. The molecule has 2 N–H and O–H groups in total. The number of hydrogen-bond acceptors (Lipinski definition) is 3. The van der Waals surface area contributed by atoms with E-state index in [0.717, 1.165) is 0 Å². The summed E-state index contributed by atoms with van der Waals surface area (Å²) in [7, 11) is 1.56. The minimum atomic E-state index is -1.06. The molecule has 5 heteroatoms. The number of anilines is 1. The molecule has 0 atom stereocenters. The smallest absolute Gasteiger partial charge is 0.308 e. The maximum absolute atomic E-state index is 13.4. The van der Waals surface area contributed by atoms with Crippen LogP contribution in [0.5, 0.6) is 0 Å². The number of aliphatic carboxylic acids is 1. The molecule has 0 aliphatic rings. The summed E-state index contributed by atoms with van der Waals surface area (Å²) in [6.45, 7) is 0.982. The van der Waals surface area contributed by atoms with Crippen LogP contribution in [0.2, 0.25) is 0 Å². The molecule has 1 rings (SSSR count). The van der Waals surface area contributed by atoms with E-state index in [1.165, 1.54) is 12.1 Å². The van der Waals surface area contributed by atoms with Gasteiger partial charge in [-0.25, -0.2) is 4.39 Å². The first-order valence-electron chi connectivity index (χ1n) is 4.87. The number of hydrogen-bond donors (Lipinski definition) is 2. The minimum Gasteiger partial charge on any atom is -0.481 e. The minimum absolute atomic E-state index is 0.172. The topological polar surface area (TPSA) is 58.6 Å². The fourth-order valence-corrected chi connectivity index (χ4v) is 1.34. The number of ether oxygens (including phenoxy) is 1. The van der Waals surface area contributed by atoms with Gasteiger partial charge in [0.1, 0.15) is 5.82 Å². The lowest BCUT2D eigenvalue weighted by atomic mass is 10.1. The maximum atomic E-state index is 13.4. The molecule has 88 valence electrons. The Bertz CT molecular complexity index is 368. The first kappa shape index (κ1) is 12.4. The molecule has 4 nitrogen and oxygen atoms in total. The second kappa shape index (κ2) is 6.07. The summed E-state index contributed by atoms with van der Waals surface area (Å²) in [5.41, 5.74) is 0.672. The van der Waals surface area contributed by atoms with E-state index in [-0.39, 0.29) is 12.0 Å². The fourth-order valence-electron chi connectivity index (χ4n) is 1.34. The Hall–Kier alpha value is -1.62. The molecule has 0 radical (unpaired) electrons. The van der Waals surface area contributed by atoms with E-state index in [1.54, 1.807) is 13.2 Å². The third-order valence-corrected chi connectivity index (χ3v) is 2.07. The van der Waals surface area contributed by atoms with Crippen LogP contribution in [-0.4, -0.2) is 31.3 Å². The van der Waals surface area contributed by atoms with Gasteiger partial charge in [-0.2, -0.15) is 0 Å². The molecular formula is C11H14FNO3. The predicted octanol–water partition coefficient (Wildman–Crippen LogP) is 1.51. The van der Waals surface area contributed by atoms with E-state index in [9.17, 15) is 9.18 Å². The number of rotatable bonds is 6.